The number of aromatic hydroxyl groups is 1. The first-order chi connectivity index (χ1) is 13.3. The van der Waals surface area contributed by atoms with Crippen LogP contribution in [-0.2, 0) is 16.4 Å². The molecule has 0 amide bonds. The summed E-state index contributed by atoms with van der Waals surface area (Å²) in [6, 6.07) is 18.1. The summed E-state index contributed by atoms with van der Waals surface area (Å²) in [5, 5.41) is 19.1. The summed E-state index contributed by atoms with van der Waals surface area (Å²) < 4.78 is 27.9. The zero-order valence-corrected chi connectivity index (χ0v) is 15.9. The molecule has 0 atom stereocenters. The maximum absolute atomic E-state index is 12.8. The molecular weight excluding hydrogens is 378 g/mol. The number of aryl methyl sites for hydroxylation is 1. The summed E-state index contributed by atoms with van der Waals surface area (Å²) in [6.07, 6.45) is 0.807. The molecular formula is C21H19NO5S. The largest absolute Gasteiger partial charge is 0.505 e. The van der Waals surface area contributed by atoms with Gasteiger partial charge in [-0.3, -0.25) is 4.72 Å². The second kappa shape index (κ2) is 7.74. The molecule has 0 fully saturated rings. The first-order valence-electron chi connectivity index (χ1n) is 8.60. The third-order valence-corrected chi connectivity index (χ3v) is 5.73. The highest BCUT2D eigenvalue weighted by Crippen LogP contribution is 2.31. The minimum atomic E-state index is -4.03. The van der Waals surface area contributed by atoms with Crippen LogP contribution in [0, 0.1) is 0 Å². The Labute approximate surface area is 163 Å². The molecule has 3 rings (SSSR count). The van der Waals surface area contributed by atoms with Gasteiger partial charge in [-0.2, -0.15) is 0 Å². The number of nitrogens with one attached hydrogen (secondary N) is 1. The van der Waals surface area contributed by atoms with Crippen LogP contribution in [0.5, 0.6) is 5.75 Å². The normalized spacial score (nSPS) is 11.2. The SMILES string of the molecule is CCc1ccccc1-c1cccc(S(=O)(=O)Nc2cccc(C(=O)O)c2O)c1. The first-order valence-corrected chi connectivity index (χ1v) is 10.1. The molecule has 0 aromatic heterocycles. The second-order valence-electron chi connectivity index (χ2n) is 6.15. The molecule has 0 aliphatic carbocycles. The van der Waals surface area contributed by atoms with Crippen molar-refractivity contribution in [3.63, 3.8) is 0 Å². The number of carboxylic acid groups (broad SMARTS) is 1. The molecule has 0 radical (unpaired) electrons. The van der Waals surface area contributed by atoms with Crippen LogP contribution in [0.4, 0.5) is 5.69 Å². The van der Waals surface area contributed by atoms with Gasteiger partial charge >= 0.3 is 5.97 Å². The van der Waals surface area contributed by atoms with Gasteiger partial charge in [-0.25, -0.2) is 13.2 Å². The quantitative estimate of drug-likeness (QED) is 0.543. The number of hydrogen-bond donors (Lipinski definition) is 3. The Morgan fingerprint density at radius 1 is 1.00 bits per heavy atom. The highest BCUT2D eigenvalue weighted by molar-refractivity contribution is 7.92. The number of sulfonamides is 1. The van der Waals surface area contributed by atoms with E-state index in [2.05, 4.69) is 4.72 Å². The van der Waals surface area contributed by atoms with Gasteiger partial charge in [0.15, 0.2) is 5.75 Å². The van der Waals surface area contributed by atoms with Crippen LogP contribution < -0.4 is 4.72 Å². The summed E-state index contributed by atoms with van der Waals surface area (Å²) in [5.41, 5.74) is 2.21. The Kier molecular flexibility index (Phi) is 5.37. The topological polar surface area (TPSA) is 104 Å². The van der Waals surface area contributed by atoms with Crippen molar-refractivity contribution < 1.29 is 23.4 Å². The molecule has 7 heteroatoms. The number of anilines is 1. The van der Waals surface area contributed by atoms with E-state index in [1.54, 1.807) is 12.1 Å². The van der Waals surface area contributed by atoms with Crippen molar-refractivity contribution in [1.29, 1.82) is 0 Å². The van der Waals surface area contributed by atoms with Crippen molar-refractivity contribution in [3.8, 4) is 16.9 Å². The zero-order chi connectivity index (χ0) is 20.3. The van der Waals surface area contributed by atoms with E-state index in [1.807, 2.05) is 37.3 Å². The highest BCUT2D eigenvalue weighted by Gasteiger charge is 2.20. The Balaban J connectivity index is 2.00. The Bertz CT molecular complexity index is 1140. The molecule has 28 heavy (non-hydrogen) atoms. The molecule has 0 aliphatic rings. The van der Waals surface area contributed by atoms with E-state index in [-0.39, 0.29) is 16.1 Å². The Hall–Kier alpha value is -3.32. The van der Waals surface area contributed by atoms with Gasteiger partial charge in [0, 0.05) is 0 Å². The molecule has 3 aromatic carbocycles. The van der Waals surface area contributed by atoms with Crippen molar-refractivity contribution in [1.82, 2.24) is 0 Å². The van der Waals surface area contributed by atoms with Crippen LogP contribution in [0.25, 0.3) is 11.1 Å². The molecule has 0 aliphatic heterocycles. The van der Waals surface area contributed by atoms with Crippen molar-refractivity contribution in [2.75, 3.05) is 4.72 Å². The van der Waals surface area contributed by atoms with E-state index < -0.39 is 21.7 Å². The standard InChI is InChI=1S/C21H19NO5S/c1-2-14-7-3-4-10-17(14)15-8-5-9-16(13-15)28(26,27)22-19-12-6-11-18(20(19)23)21(24)25/h3-13,22-23H,2H2,1H3,(H,24,25). The number of para-hydroxylation sites is 1. The molecule has 0 heterocycles. The van der Waals surface area contributed by atoms with Gasteiger partial charge in [0.2, 0.25) is 0 Å². The van der Waals surface area contributed by atoms with Crippen LogP contribution in [0.3, 0.4) is 0 Å². The minimum Gasteiger partial charge on any atom is -0.505 e. The predicted molar refractivity (Wildman–Crippen MR) is 107 cm³/mol. The molecule has 0 spiro atoms. The van der Waals surface area contributed by atoms with E-state index in [0.29, 0.717) is 0 Å². The summed E-state index contributed by atoms with van der Waals surface area (Å²) in [7, 11) is -4.03. The molecule has 0 saturated heterocycles. The molecule has 0 bridgehead atoms. The lowest BCUT2D eigenvalue weighted by molar-refractivity contribution is 0.0694. The smallest absolute Gasteiger partial charge is 0.339 e. The van der Waals surface area contributed by atoms with E-state index >= 15 is 0 Å². The third-order valence-electron chi connectivity index (χ3n) is 4.36. The zero-order valence-electron chi connectivity index (χ0n) is 15.1. The van der Waals surface area contributed by atoms with E-state index in [0.717, 1.165) is 23.1 Å². The fourth-order valence-electron chi connectivity index (χ4n) is 2.94. The van der Waals surface area contributed by atoms with E-state index in [4.69, 9.17) is 5.11 Å². The summed E-state index contributed by atoms with van der Waals surface area (Å²) in [4.78, 5) is 11.1. The predicted octanol–water partition coefficient (Wildman–Crippen LogP) is 4.12. The van der Waals surface area contributed by atoms with Crippen molar-refractivity contribution in [2.45, 2.75) is 18.2 Å². The van der Waals surface area contributed by atoms with Gasteiger partial charge in [-0.05, 0) is 47.4 Å². The molecule has 0 saturated carbocycles. The van der Waals surface area contributed by atoms with Crippen LogP contribution in [0.2, 0.25) is 0 Å². The molecule has 3 aromatic rings. The van der Waals surface area contributed by atoms with Crippen LogP contribution >= 0.6 is 0 Å². The van der Waals surface area contributed by atoms with Crippen LogP contribution in [0.15, 0.2) is 71.6 Å². The summed E-state index contributed by atoms with van der Waals surface area (Å²) in [6.45, 7) is 2.03. The lowest BCUT2D eigenvalue weighted by Gasteiger charge is -2.13. The first kappa shape index (κ1) is 19.4. The number of aromatic carboxylic acids is 1. The van der Waals surface area contributed by atoms with Gasteiger partial charge in [0.1, 0.15) is 5.56 Å². The minimum absolute atomic E-state index is 0.0102. The van der Waals surface area contributed by atoms with Gasteiger partial charge < -0.3 is 10.2 Å². The van der Waals surface area contributed by atoms with Gasteiger partial charge in [-0.1, -0.05) is 49.4 Å². The fourth-order valence-corrected chi connectivity index (χ4v) is 4.06. The number of hydrogen-bond acceptors (Lipinski definition) is 4. The monoisotopic (exact) mass is 397 g/mol. The average Bonchev–Trinajstić information content (AvgIpc) is 2.69. The van der Waals surface area contributed by atoms with Crippen molar-refractivity contribution >= 4 is 21.7 Å². The second-order valence-corrected chi connectivity index (χ2v) is 7.83. The summed E-state index contributed by atoms with van der Waals surface area (Å²) >= 11 is 0. The number of rotatable bonds is 6. The van der Waals surface area contributed by atoms with Crippen LogP contribution in [0.1, 0.15) is 22.8 Å². The molecule has 3 N–H and O–H groups in total. The van der Waals surface area contributed by atoms with Crippen LogP contribution in [-0.4, -0.2) is 24.6 Å². The van der Waals surface area contributed by atoms with Crippen molar-refractivity contribution in [3.05, 3.63) is 77.9 Å². The number of benzene rings is 3. The maximum Gasteiger partial charge on any atom is 0.339 e. The van der Waals surface area contributed by atoms with Gasteiger partial charge in [-0.15, -0.1) is 0 Å². The average molecular weight is 397 g/mol. The van der Waals surface area contributed by atoms with E-state index in [1.165, 1.54) is 24.3 Å². The Morgan fingerprint density at radius 3 is 2.43 bits per heavy atom. The fraction of sp³-hybridized carbons (Fsp3) is 0.0952. The number of phenols is 1. The number of carboxylic acids is 1. The van der Waals surface area contributed by atoms with E-state index in [9.17, 15) is 18.3 Å². The number of carbonyl (C=O) groups is 1. The third kappa shape index (κ3) is 3.84. The Morgan fingerprint density at radius 2 is 1.71 bits per heavy atom. The van der Waals surface area contributed by atoms with Gasteiger partial charge in [0.25, 0.3) is 10.0 Å². The molecule has 6 nitrogen and oxygen atoms in total. The lowest BCUT2D eigenvalue weighted by atomic mass is 9.98. The molecule has 0 unspecified atom stereocenters. The molecule has 144 valence electrons. The summed E-state index contributed by atoms with van der Waals surface area (Å²) in [5.74, 6) is -1.98. The maximum atomic E-state index is 12.8. The lowest BCUT2D eigenvalue weighted by Crippen LogP contribution is -2.14. The van der Waals surface area contributed by atoms with Crippen molar-refractivity contribution in [2.24, 2.45) is 0 Å². The van der Waals surface area contributed by atoms with Gasteiger partial charge in [0.05, 0.1) is 10.6 Å². The highest BCUT2D eigenvalue weighted by atomic mass is 32.2.